The second kappa shape index (κ2) is 6.07. The minimum Gasteiger partial charge on any atom is -0.389 e. The molecule has 1 aliphatic heterocycles. The number of anilines is 1. The number of β-amino-alcohol motifs (C(OH)–C–C–N with tert-alkyl or cyclic N) is 2. The smallest absolute Gasteiger partial charge is 0.238 e. The van der Waals surface area contributed by atoms with Crippen molar-refractivity contribution in [1.82, 2.24) is 4.90 Å². The molecular weight excluding hydrogens is 291 g/mol. The van der Waals surface area contributed by atoms with E-state index in [1.165, 1.54) is 0 Å². The van der Waals surface area contributed by atoms with E-state index in [4.69, 9.17) is 23.2 Å². The van der Waals surface area contributed by atoms with Gasteiger partial charge in [-0.05, 0) is 18.2 Å². The maximum Gasteiger partial charge on any atom is 0.238 e. The molecule has 2 rings (SSSR count). The number of rotatable bonds is 3. The van der Waals surface area contributed by atoms with Crippen molar-refractivity contribution < 1.29 is 15.0 Å². The Bertz CT molecular complexity index is 474. The second-order valence-corrected chi connectivity index (χ2v) is 5.32. The van der Waals surface area contributed by atoms with Gasteiger partial charge in [-0.25, -0.2) is 0 Å². The first-order chi connectivity index (χ1) is 8.95. The lowest BCUT2D eigenvalue weighted by Crippen LogP contribution is -2.32. The second-order valence-electron chi connectivity index (χ2n) is 4.51. The molecule has 0 bridgehead atoms. The van der Waals surface area contributed by atoms with Crippen molar-refractivity contribution in [2.24, 2.45) is 0 Å². The van der Waals surface area contributed by atoms with E-state index < -0.39 is 12.2 Å². The van der Waals surface area contributed by atoms with Crippen molar-refractivity contribution in [3.05, 3.63) is 28.2 Å². The van der Waals surface area contributed by atoms with E-state index in [0.29, 0.717) is 15.7 Å². The number of benzene rings is 1. The van der Waals surface area contributed by atoms with Crippen LogP contribution >= 0.6 is 23.2 Å². The standard InChI is InChI=1S/C12H14Cl2N2O3/c13-8-2-1-7(3-9(8)14)15-12(19)6-16-4-10(17)11(18)5-16/h1-3,10-11,17-18H,4-6H2,(H,15,19)/t10-,11+. The van der Waals surface area contributed by atoms with Crippen LogP contribution in [0, 0.1) is 0 Å². The number of hydrogen-bond donors (Lipinski definition) is 3. The summed E-state index contributed by atoms with van der Waals surface area (Å²) in [5, 5.41) is 22.2. The van der Waals surface area contributed by atoms with Crippen LogP contribution in [0.1, 0.15) is 0 Å². The lowest BCUT2D eigenvalue weighted by Gasteiger charge is -2.14. The van der Waals surface area contributed by atoms with E-state index >= 15 is 0 Å². The molecule has 3 N–H and O–H groups in total. The third kappa shape index (κ3) is 3.81. The molecule has 1 aromatic rings. The largest absolute Gasteiger partial charge is 0.389 e. The number of aliphatic hydroxyl groups excluding tert-OH is 2. The maximum atomic E-state index is 11.8. The van der Waals surface area contributed by atoms with Gasteiger partial charge >= 0.3 is 0 Å². The van der Waals surface area contributed by atoms with Crippen molar-refractivity contribution in [3.8, 4) is 0 Å². The van der Waals surface area contributed by atoms with Gasteiger partial charge in [-0.1, -0.05) is 23.2 Å². The number of carbonyl (C=O) groups excluding carboxylic acids is 1. The highest BCUT2D eigenvalue weighted by molar-refractivity contribution is 6.42. The number of carbonyl (C=O) groups is 1. The van der Waals surface area contributed by atoms with Gasteiger partial charge in [0.25, 0.3) is 0 Å². The molecule has 0 saturated carbocycles. The van der Waals surface area contributed by atoms with Crippen LogP contribution in [-0.2, 0) is 4.79 Å². The number of aliphatic hydroxyl groups is 2. The normalized spacial score (nSPS) is 23.6. The van der Waals surface area contributed by atoms with Gasteiger partial charge in [-0.15, -0.1) is 0 Å². The number of likely N-dealkylation sites (tertiary alicyclic amines) is 1. The molecule has 1 saturated heterocycles. The molecule has 1 aromatic carbocycles. The van der Waals surface area contributed by atoms with E-state index in [2.05, 4.69) is 5.32 Å². The van der Waals surface area contributed by atoms with Gasteiger partial charge in [0.05, 0.1) is 28.8 Å². The molecule has 0 unspecified atom stereocenters. The molecule has 0 aliphatic carbocycles. The molecule has 2 atom stereocenters. The molecule has 1 aliphatic rings. The van der Waals surface area contributed by atoms with Crippen molar-refractivity contribution in [2.75, 3.05) is 25.0 Å². The van der Waals surface area contributed by atoms with Crippen molar-refractivity contribution in [3.63, 3.8) is 0 Å². The Morgan fingerprint density at radius 3 is 2.47 bits per heavy atom. The minimum atomic E-state index is -0.794. The molecule has 1 heterocycles. The highest BCUT2D eigenvalue weighted by atomic mass is 35.5. The predicted octanol–water partition coefficient (Wildman–Crippen LogP) is 0.969. The zero-order valence-corrected chi connectivity index (χ0v) is 11.5. The SMILES string of the molecule is O=C(CN1C[C@@H](O)[C@@H](O)C1)Nc1ccc(Cl)c(Cl)c1. The summed E-state index contributed by atoms with van der Waals surface area (Å²) in [7, 11) is 0. The number of amides is 1. The fourth-order valence-corrected chi connectivity index (χ4v) is 2.25. The zero-order valence-electron chi connectivity index (χ0n) is 10.0. The summed E-state index contributed by atoms with van der Waals surface area (Å²) in [6.45, 7) is 0.681. The van der Waals surface area contributed by atoms with Crippen LogP contribution in [-0.4, -0.2) is 52.9 Å². The summed E-state index contributed by atoms with van der Waals surface area (Å²) in [4.78, 5) is 13.5. The third-order valence-electron chi connectivity index (χ3n) is 2.91. The highest BCUT2D eigenvalue weighted by Crippen LogP contribution is 2.25. The van der Waals surface area contributed by atoms with E-state index in [0.717, 1.165) is 0 Å². The van der Waals surface area contributed by atoms with Gasteiger partial charge in [0.2, 0.25) is 5.91 Å². The van der Waals surface area contributed by atoms with Crippen molar-refractivity contribution in [2.45, 2.75) is 12.2 Å². The van der Waals surface area contributed by atoms with Crippen LogP contribution in [0.4, 0.5) is 5.69 Å². The monoisotopic (exact) mass is 304 g/mol. The van der Waals surface area contributed by atoms with Gasteiger partial charge in [0.15, 0.2) is 0 Å². The lowest BCUT2D eigenvalue weighted by atomic mass is 10.3. The predicted molar refractivity (Wildman–Crippen MR) is 73.5 cm³/mol. The molecule has 7 heteroatoms. The van der Waals surface area contributed by atoms with Gasteiger partial charge in [-0.2, -0.15) is 0 Å². The van der Waals surface area contributed by atoms with E-state index in [1.807, 2.05) is 0 Å². The van der Waals surface area contributed by atoms with Crippen LogP contribution < -0.4 is 5.32 Å². The minimum absolute atomic E-state index is 0.106. The lowest BCUT2D eigenvalue weighted by molar-refractivity contribution is -0.117. The molecular formula is C12H14Cl2N2O3. The first kappa shape index (κ1) is 14.6. The Labute approximate surface area is 120 Å². The number of nitrogens with one attached hydrogen (secondary N) is 1. The van der Waals surface area contributed by atoms with Crippen LogP contribution in [0.15, 0.2) is 18.2 Å². The van der Waals surface area contributed by atoms with Gasteiger partial charge in [0, 0.05) is 18.8 Å². The number of halogens is 2. The van der Waals surface area contributed by atoms with Crippen LogP contribution in [0.2, 0.25) is 10.0 Å². The molecule has 104 valence electrons. The van der Waals surface area contributed by atoms with Crippen LogP contribution in [0.3, 0.4) is 0 Å². The summed E-state index contributed by atoms with van der Waals surface area (Å²) in [6.07, 6.45) is -1.59. The fourth-order valence-electron chi connectivity index (χ4n) is 1.95. The van der Waals surface area contributed by atoms with E-state index in [9.17, 15) is 15.0 Å². The summed E-state index contributed by atoms with van der Waals surface area (Å²) in [6, 6.07) is 4.82. The summed E-state index contributed by atoms with van der Waals surface area (Å²) in [5.74, 6) is -0.236. The molecule has 0 radical (unpaired) electrons. The van der Waals surface area contributed by atoms with Crippen molar-refractivity contribution in [1.29, 1.82) is 0 Å². The first-order valence-electron chi connectivity index (χ1n) is 5.79. The Morgan fingerprint density at radius 1 is 1.26 bits per heavy atom. The fraction of sp³-hybridized carbons (Fsp3) is 0.417. The molecule has 19 heavy (non-hydrogen) atoms. The average molecular weight is 305 g/mol. The maximum absolute atomic E-state index is 11.8. The van der Waals surface area contributed by atoms with Gasteiger partial charge in [0.1, 0.15) is 0 Å². The highest BCUT2D eigenvalue weighted by Gasteiger charge is 2.30. The Balaban J connectivity index is 1.89. The third-order valence-corrected chi connectivity index (χ3v) is 3.64. The Morgan fingerprint density at radius 2 is 1.89 bits per heavy atom. The quantitative estimate of drug-likeness (QED) is 0.778. The number of hydrogen-bond acceptors (Lipinski definition) is 4. The Kier molecular flexibility index (Phi) is 4.65. The van der Waals surface area contributed by atoms with E-state index in [1.54, 1.807) is 23.1 Å². The van der Waals surface area contributed by atoms with Crippen LogP contribution in [0.25, 0.3) is 0 Å². The molecule has 0 aromatic heterocycles. The summed E-state index contributed by atoms with van der Waals surface area (Å²) in [5.41, 5.74) is 0.555. The molecule has 5 nitrogen and oxygen atoms in total. The van der Waals surface area contributed by atoms with Gasteiger partial charge < -0.3 is 15.5 Å². The number of nitrogens with zero attached hydrogens (tertiary/aromatic N) is 1. The summed E-state index contributed by atoms with van der Waals surface area (Å²) < 4.78 is 0. The van der Waals surface area contributed by atoms with E-state index in [-0.39, 0.29) is 25.5 Å². The van der Waals surface area contributed by atoms with Crippen molar-refractivity contribution >= 4 is 34.8 Å². The van der Waals surface area contributed by atoms with Crippen LogP contribution in [0.5, 0.6) is 0 Å². The first-order valence-corrected chi connectivity index (χ1v) is 6.54. The van der Waals surface area contributed by atoms with Gasteiger partial charge in [-0.3, -0.25) is 9.69 Å². The Hall–Kier alpha value is -0.850. The average Bonchev–Trinajstić information content (AvgIpc) is 2.63. The molecule has 1 amide bonds. The topological polar surface area (TPSA) is 72.8 Å². The molecule has 0 spiro atoms. The summed E-state index contributed by atoms with van der Waals surface area (Å²) >= 11 is 11.6. The molecule has 1 fully saturated rings. The zero-order chi connectivity index (χ0) is 14.0.